The lowest BCUT2D eigenvalue weighted by atomic mass is 10.1. The Balaban J connectivity index is 1.89. The molecule has 0 aliphatic carbocycles. The molecule has 7 heteroatoms. The SMILES string of the molecule is Cc1[nH]n2c(=O)c(C(N)=O)cnc2c1-c1cc(-c2ccccc2)cs1. The van der Waals surface area contributed by atoms with Gasteiger partial charge in [-0.2, -0.15) is 0 Å². The van der Waals surface area contributed by atoms with Crippen molar-refractivity contribution in [3.63, 3.8) is 0 Å². The minimum Gasteiger partial charge on any atom is -0.365 e. The molecule has 1 amide bonds. The van der Waals surface area contributed by atoms with Crippen molar-refractivity contribution in [2.75, 3.05) is 0 Å². The third-order valence-corrected chi connectivity index (χ3v) is 5.01. The zero-order chi connectivity index (χ0) is 17.6. The fourth-order valence-electron chi connectivity index (χ4n) is 2.84. The number of rotatable bonds is 3. The summed E-state index contributed by atoms with van der Waals surface area (Å²) < 4.78 is 1.27. The molecule has 0 aliphatic rings. The lowest BCUT2D eigenvalue weighted by Crippen LogP contribution is -2.27. The third-order valence-electron chi connectivity index (χ3n) is 4.06. The van der Waals surface area contributed by atoms with Gasteiger partial charge in [0.2, 0.25) is 0 Å². The van der Waals surface area contributed by atoms with Crippen molar-refractivity contribution in [2.45, 2.75) is 6.92 Å². The number of carbonyl (C=O) groups is 1. The van der Waals surface area contributed by atoms with Gasteiger partial charge < -0.3 is 5.73 Å². The zero-order valence-corrected chi connectivity index (χ0v) is 14.1. The van der Waals surface area contributed by atoms with E-state index in [9.17, 15) is 9.59 Å². The predicted molar refractivity (Wildman–Crippen MR) is 97.8 cm³/mol. The van der Waals surface area contributed by atoms with Gasteiger partial charge in [0, 0.05) is 16.8 Å². The first-order valence-electron chi connectivity index (χ1n) is 7.60. The molecule has 4 rings (SSSR count). The molecule has 0 spiro atoms. The van der Waals surface area contributed by atoms with Crippen LogP contribution in [0.1, 0.15) is 16.1 Å². The van der Waals surface area contributed by atoms with Gasteiger partial charge in [-0.05, 0) is 29.5 Å². The van der Waals surface area contributed by atoms with E-state index < -0.39 is 11.5 Å². The molecule has 3 aromatic heterocycles. The minimum atomic E-state index is -0.789. The van der Waals surface area contributed by atoms with Crippen molar-refractivity contribution >= 4 is 22.9 Å². The number of hydrogen-bond acceptors (Lipinski definition) is 4. The van der Waals surface area contributed by atoms with Gasteiger partial charge in [-0.1, -0.05) is 30.3 Å². The molecular weight excluding hydrogens is 336 g/mol. The molecule has 4 aromatic rings. The van der Waals surface area contributed by atoms with Crippen molar-refractivity contribution in [1.82, 2.24) is 14.6 Å². The summed E-state index contributed by atoms with van der Waals surface area (Å²) in [7, 11) is 0. The van der Waals surface area contributed by atoms with Crippen molar-refractivity contribution in [3.8, 4) is 21.6 Å². The Hall–Kier alpha value is -3.19. The summed E-state index contributed by atoms with van der Waals surface area (Å²) in [6.07, 6.45) is 1.24. The molecule has 0 saturated heterocycles. The number of carbonyl (C=O) groups excluding carboxylic acids is 1. The molecule has 0 saturated carbocycles. The number of benzene rings is 1. The van der Waals surface area contributed by atoms with Gasteiger partial charge in [0.15, 0.2) is 5.65 Å². The Morgan fingerprint density at radius 3 is 2.72 bits per heavy atom. The Morgan fingerprint density at radius 2 is 2.00 bits per heavy atom. The van der Waals surface area contributed by atoms with Crippen LogP contribution in [0.5, 0.6) is 0 Å². The number of primary amides is 1. The summed E-state index contributed by atoms with van der Waals surface area (Å²) in [5, 5.41) is 5.05. The van der Waals surface area contributed by atoms with Gasteiger partial charge in [-0.15, -0.1) is 11.3 Å². The van der Waals surface area contributed by atoms with E-state index in [0.29, 0.717) is 5.65 Å². The fourth-order valence-corrected chi connectivity index (χ4v) is 3.86. The predicted octanol–water partition coefficient (Wildman–Crippen LogP) is 2.83. The standard InChI is InChI=1S/C18H14N4O2S/c1-10-15(14-7-12(9-25-14)11-5-3-2-4-6-11)17-20-8-13(16(19)23)18(24)22(17)21-10/h2-9,21H,1H3,(H2,19,23). The van der Waals surface area contributed by atoms with Gasteiger partial charge in [-0.25, -0.2) is 9.50 Å². The van der Waals surface area contributed by atoms with E-state index >= 15 is 0 Å². The summed E-state index contributed by atoms with van der Waals surface area (Å²) in [6.45, 7) is 1.87. The Morgan fingerprint density at radius 1 is 1.24 bits per heavy atom. The van der Waals surface area contributed by atoms with Crippen LogP contribution in [-0.4, -0.2) is 20.5 Å². The first kappa shape index (κ1) is 15.3. The number of aromatic amines is 1. The average Bonchev–Trinajstić information content (AvgIpc) is 3.20. The summed E-state index contributed by atoms with van der Waals surface area (Å²) >= 11 is 1.58. The van der Waals surface area contributed by atoms with Gasteiger partial charge in [0.25, 0.3) is 11.5 Å². The molecule has 0 aliphatic heterocycles. The first-order chi connectivity index (χ1) is 12.1. The van der Waals surface area contributed by atoms with E-state index in [1.165, 1.54) is 10.7 Å². The Labute approximate surface area is 146 Å². The molecule has 25 heavy (non-hydrogen) atoms. The van der Waals surface area contributed by atoms with Crippen molar-refractivity contribution < 1.29 is 4.79 Å². The Kier molecular flexibility index (Phi) is 3.51. The van der Waals surface area contributed by atoms with E-state index in [-0.39, 0.29) is 5.56 Å². The van der Waals surface area contributed by atoms with Gasteiger partial charge in [0.05, 0.1) is 5.56 Å². The van der Waals surface area contributed by atoms with Crippen LogP contribution in [0.15, 0.2) is 52.8 Å². The van der Waals surface area contributed by atoms with Crippen LogP contribution < -0.4 is 11.3 Å². The minimum absolute atomic E-state index is 0.138. The maximum absolute atomic E-state index is 12.4. The maximum Gasteiger partial charge on any atom is 0.285 e. The fraction of sp³-hybridized carbons (Fsp3) is 0.0556. The molecule has 3 heterocycles. The second-order valence-corrected chi connectivity index (χ2v) is 6.59. The van der Waals surface area contributed by atoms with Crippen LogP contribution >= 0.6 is 11.3 Å². The molecule has 0 atom stereocenters. The highest BCUT2D eigenvalue weighted by Crippen LogP contribution is 2.35. The second-order valence-electron chi connectivity index (χ2n) is 5.68. The smallest absolute Gasteiger partial charge is 0.285 e. The third kappa shape index (κ3) is 2.45. The topological polar surface area (TPSA) is 93.2 Å². The normalized spacial score (nSPS) is 11.1. The molecule has 0 bridgehead atoms. The molecule has 0 unspecified atom stereocenters. The lowest BCUT2D eigenvalue weighted by Gasteiger charge is -1.98. The number of nitrogens with two attached hydrogens (primary N) is 1. The quantitative estimate of drug-likeness (QED) is 0.595. The number of fused-ring (bicyclic) bond motifs is 1. The first-order valence-corrected chi connectivity index (χ1v) is 8.48. The van der Waals surface area contributed by atoms with Crippen LogP contribution in [-0.2, 0) is 0 Å². The van der Waals surface area contributed by atoms with E-state index in [1.54, 1.807) is 11.3 Å². The number of aryl methyl sites for hydroxylation is 1. The monoisotopic (exact) mass is 350 g/mol. The van der Waals surface area contributed by atoms with Crippen LogP contribution in [0.25, 0.3) is 27.2 Å². The van der Waals surface area contributed by atoms with Crippen LogP contribution in [0.2, 0.25) is 0 Å². The maximum atomic E-state index is 12.4. The summed E-state index contributed by atoms with van der Waals surface area (Å²) in [4.78, 5) is 29.0. The van der Waals surface area contributed by atoms with Gasteiger partial charge in [-0.3, -0.25) is 14.7 Å². The van der Waals surface area contributed by atoms with E-state index in [1.807, 2.05) is 25.1 Å². The summed E-state index contributed by atoms with van der Waals surface area (Å²) in [5.74, 6) is -0.789. The Bertz CT molecular complexity index is 1160. The number of nitrogens with zero attached hydrogens (tertiary/aromatic N) is 2. The average molecular weight is 350 g/mol. The number of thiophene rings is 1. The second kappa shape index (κ2) is 5.71. The number of H-pyrrole nitrogens is 1. The van der Waals surface area contributed by atoms with Crippen LogP contribution in [0.4, 0.5) is 0 Å². The highest BCUT2D eigenvalue weighted by molar-refractivity contribution is 7.14. The van der Waals surface area contributed by atoms with Gasteiger partial charge in [0.1, 0.15) is 5.56 Å². The number of nitrogens with one attached hydrogen (secondary N) is 1. The van der Waals surface area contributed by atoms with Gasteiger partial charge >= 0.3 is 0 Å². The van der Waals surface area contributed by atoms with E-state index in [4.69, 9.17) is 5.73 Å². The van der Waals surface area contributed by atoms with Crippen molar-refractivity contribution in [1.29, 1.82) is 0 Å². The molecule has 124 valence electrons. The molecule has 6 nitrogen and oxygen atoms in total. The van der Waals surface area contributed by atoms with Crippen molar-refractivity contribution in [2.24, 2.45) is 5.73 Å². The zero-order valence-electron chi connectivity index (χ0n) is 13.3. The van der Waals surface area contributed by atoms with E-state index in [2.05, 4.69) is 33.7 Å². The molecule has 3 N–H and O–H groups in total. The lowest BCUT2D eigenvalue weighted by molar-refractivity contribution is 0.0998. The largest absolute Gasteiger partial charge is 0.365 e. The van der Waals surface area contributed by atoms with E-state index in [0.717, 1.165) is 27.3 Å². The van der Waals surface area contributed by atoms with Crippen LogP contribution in [0.3, 0.4) is 0 Å². The van der Waals surface area contributed by atoms with Crippen LogP contribution in [0, 0.1) is 6.92 Å². The summed E-state index contributed by atoms with van der Waals surface area (Å²) in [6, 6.07) is 12.1. The molecule has 0 radical (unpaired) electrons. The molecule has 1 aromatic carbocycles. The number of aromatic nitrogens is 3. The highest BCUT2D eigenvalue weighted by atomic mass is 32.1. The van der Waals surface area contributed by atoms with Crippen molar-refractivity contribution in [3.05, 3.63) is 69.6 Å². The highest BCUT2D eigenvalue weighted by Gasteiger charge is 2.18. The summed E-state index contributed by atoms with van der Waals surface area (Å²) in [5.41, 5.74) is 8.96. The molecule has 0 fully saturated rings. The number of hydrogen-bond donors (Lipinski definition) is 2. The molecular formula is C18H14N4O2S. The number of amides is 1.